The quantitative estimate of drug-likeness (QED) is 0.842. The second-order valence-corrected chi connectivity index (χ2v) is 6.06. The highest BCUT2D eigenvalue weighted by Crippen LogP contribution is 2.25. The van der Waals surface area contributed by atoms with Crippen molar-refractivity contribution in [2.75, 3.05) is 6.61 Å². The number of carbonyl (C=O) groups excluding carboxylic acids is 1. The first-order chi connectivity index (χ1) is 11.8. The molecule has 2 N–H and O–H groups in total. The first-order valence-corrected chi connectivity index (χ1v) is 7.94. The summed E-state index contributed by atoms with van der Waals surface area (Å²) in [7, 11) is 0. The van der Waals surface area contributed by atoms with Gasteiger partial charge < -0.3 is 15.2 Å². The molecule has 25 heavy (non-hydrogen) atoms. The Morgan fingerprint density at radius 2 is 1.60 bits per heavy atom. The molecular formula is C19H22N2O4. The molecule has 1 aromatic heterocycles. The molecule has 0 radical (unpaired) electrons. The van der Waals surface area contributed by atoms with E-state index in [1.54, 1.807) is 26.0 Å². The van der Waals surface area contributed by atoms with Gasteiger partial charge in [-0.15, -0.1) is 0 Å². The van der Waals surface area contributed by atoms with Crippen LogP contribution in [0.4, 0.5) is 0 Å². The summed E-state index contributed by atoms with van der Waals surface area (Å²) in [5.74, 6) is -0.731. The molecule has 132 valence electrons. The van der Waals surface area contributed by atoms with E-state index in [-0.39, 0.29) is 5.91 Å². The molecule has 0 atom stereocenters. The molecule has 2 aromatic rings. The lowest BCUT2D eigenvalue weighted by atomic mass is 10.0. The molecule has 6 heteroatoms. The highest BCUT2D eigenvalue weighted by Gasteiger charge is 2.13. The summed E-state index contributed by atoms with van der Waals surface area (Å²) >= 11 is 0. The van der Waals surface area contributed by atoms with Gasteiger partial charge in [-0.2, -0.15) is 0 Å². The van der Waals surface area contributed by atoms with Crippen molar-refractivity contribution in [1.29, 1.82) is 0 Å². The largest absolute Gasteiger partial charge is 0.481 e. The zero-order chi connectivity index (χ0) is 18.6. The number of benzene rings is 1. The number of nitrogens with zero attached hydrogens (tertiary/aromatic N) is 1. The molecule has 0 spiro atoms. The molecule has 0 aliphatic heterocycles. The van der Waals surface area contributed by atoms with Gasteiger partial charge in [0.1, 0.15) is 5.75 Å². The second-order valence-electron chi connectivity index (χ2n) is 6.06. The van der Waals surface area contributed by atoms with Gasteiger partial charge in [-0.05, 0) is 68.7 Å². The zero-order valence-electron chi connectivity index (χ0n) is 14.8. The number of hydrogen-bond acceptors (Lipinski definition) is 4. The van der Waals surface area contributed by atoms with Crippen molar-refractivity contribution in [3.05, 3.63) is 57.9 Å². The lowest BCUT2D eigenvalue weighted by Gasteiger charge is -2.13. The third-order valence-electron chi connectivity index (χ3n) is 3.66. The van der Waals surface area contributed by atoms with Crippen molar-refractivity contribution in [3.8, 4) is 5.75 Å². The van der Waals surface area contributed by atoms with Gasteiger partial charge in [-0.3, -0.25) is 9.78 Å². The summed E-state index contributed by atoms with van der Waals surface area (Å²) in [5, 5.41) is 11.6. The number of rotatable bonds is 6. The molecular weight excluding hydrogens is 320 g/mol. The smallest absolute Gasteiger partial charge is 0.341 e. The summed E-state index contributed by atoms with van der Waals surface area (Å²) in [4.78, 5) is 27.4. The van der Waals surface area contributed by atoms with Crippen LogP contribution in [-0.4, -0.2) is 28.6 Å². The number of hydrogen-bond donors (Lipinski definition) is 2. The van der Waals surface area contributed by atoms with Crippen molar-refractivity contribution < 1.29 is 19.4 Å². The van der Waals surface area contributed by atoms with Crippen LogP contribution in [0.25, 0.3) is 0 Å². The third kappa shape index (κ3) is 5.04. The number of aryl methyl sites for hydroxylation is 4. The number of amides is 1. The van der Waals surface area contributed by atoms with Crippen LogP contribution in [0.3, 0.4) is 0 Å². The van der Waals surface area contributed by atoms with Gasteiger partial charge in [-0.1, -0.05) is 0 Å². The van der Waals surface area contributed by atoms with Crippen LogP contribution >= 0.6 is 0 Å². The summed E-state index contributed by atoms with van der Waals surface area (Å²) in [6, 6.07) is 7.27. The number of aromatic nitrogens is 1. The number of ether oxygens (including phenoxy) is 1. The lowest BCUT2D eigenvalue weighted by Crippen LogP contribution is -2.23. The van der Waals surface area contributed by atoms with E-state index in [4.69, 9.17) is 9.84 Å². The Labute approximate surface area is 146 Å². The number of nitrogens with one attached hydrogen (secondary N) is 1. The average molecular weight is 342 g/mol. The van der Waals surface area contributed by atoms with Crippen LogP contribution < -0.4 is 10.1 Å². The first-order valence-electron chi connectivity index (χ1n) is 7.94. The van der Waals surface area contributed by atoms with E-state index in [0.29, 0.717) is 17.9 Å². The normalized spacial score (nSPS) is 10.4. The van der Waals surface area contributed by atoms with Gasteiger partial charge in [0.2, 0.25) is 0 Å². The van der Waals surface area contributed by atoms with E-state index in [1.165, 1.54) is 0 Å². The van der Waals surface area contributed by atoms with Crippen LogP contribution in [0.15, 0.2) is 24.3 Å². The minimum absolute atomic E-state index is 0.192. The summed E-state index contributed by atoms with van der Waals surface area (Å²) in [5.41, 5.74) is 4.78. The average Bonchev–Trinajstić information content (AvgIpc) is 2.50. The number of carboxylic acid groups (broad SMARTS) is 1. The molecule has 0 unspecified atom stereocenters. The maximum atomic E-state index is 12.4. The van der Waals surface area contributed by atoms with Crippen molar-refractivity contribution in [1.82, 2.24) is 10.3 Å². The Hall–Kier alpha value is -2.89. The molecule has 2 rings (SSSR count). The second kappa shape index (κ2) is 7.79. The Balaban J connectivity index is 2.10. The lowest BCUT2D eigenvalue weighted by molar-refractivity contribution is -0.139. The molecule has 0 saturated heterocycles. The Bertz CT molecular complexity index is 772. The fourth-order valence-electron chi connectivity index (χ4n) is 2.75. The van der Waals surface area contributed by atoms with E-state index in [0.717, 1.165) is 28.1 Å². The highest BCUT2D eigenvalue weighted by atomic mass is 16.5. The van der Waals surface area contributed by atoms with E-state index in [1.807, 2.05) is 26.0 Å². The standard InChI is InChI=1S/C19H22N2O4/c1-11-5-16(6-12(2)18(11)25-10-17(22)23)19(24)20-9-15-7-13(3)21-14(4)8-15/h5-8H,9-10H2,1-4H3,(H,20,24)(H,22,23). The summed E-state index contributed by atoms with van der Waals surface area (Å²) < 4.78 is 5.28. The molecule has 6 nitrogen and oxygen atoms in total. The van der Waals surface area contributed by atoms with Gasteiger partial charge in [0, 0.05) is 23.5 Å². The minimum atomic E-state index is -1.04. The Morgan fingerprint density at radius 1 is 1.04 bits per heavy atom. The first kappa shape index (κ1) is 18.4. The molecule has 1 heterocycles. The van der Waals surface area contributed by atoms with Crippen molar-refractivity contribution in [2.24, 2.45) is 0 Å². The van der Waals surface area contributed by atoms with Crippen LogP contribution in [0.2, 0.25) is 0 Å². The molecule has 0 saturated carbocycles. The van der Waals surface area contributed by atoms with Crippen LogP contribution in [0.1, 0.15) is 38.4 Å². The fourth-order valence-corrected chi connectivity index (χ4v) is 2.75. The zero-order valence-corrected chi connectivity index (χ0v) is 14.8. The van der Waals surface area contributed by atoms with E-state index >= 15 is 0 Å². The topological polar surface area (TPSA) is 88.5 Å². The van der Waals surface area contributed by atoms with Gasteiger partial charge in [-0.25, -0.2) is 4.79 Å². The Kier molecular flexibility index (Phi) is 5.75. The van der Waals surface area contributed by atoms with E-state index < -0.39 is 12.6 Å². The number of carbonyl (C=O) groups is 2. The minimum Gasteiger partial charge on any atom is -0.481 e. The molecule has 0 aliphatic carbocycles. The molecule has 0 fully saturated rings. The number of pyridine rings is 1. The number of carboxylic acids is 1. The highest BCUT2D eigenvalue weighted by molar-refractivity contribution is 5.94. The van der Waals surface area contributed by atoms with Gasteiger partial charge >= 0.3 is 5.97 Å². The van der Waals surface area contributed by atoms with E-state index in [9.17, 15) is 9.59 Å². The molecule has 1 amide bonds. The van der Waals surface area contributed by atoms with Crippen LogP contribution in [0.5, 0.6) is 5.75 Å². The fraction of sp³-hybridized carbons (Fsp3) is 0.316. The molecule has 1 aromatic carbocycles. The summed E-state index contributed by atoms with van der Waals surface area (Å²) in [6.45, 7) is 7.42. The summed E-state index contributed by atoms with van der Waals surface area (Å²) in [6.07, 6.45) is 0. The van der Waals surface area contributed by atoms with Gasteiger partial charge in [0.05, 0.1) is 0 Å². The van der Waals surface area contributed by atoms with Crippen LogP contribution in [-0.2, 0) is 11.3 Å². The van der Waals surface area contributed by atoms with Gasteiger partial charge in [0.25, 0.3) is 5.91 Å². The van der Waals surface area contributed by atoms with E-state index in [2.05, 4.69) is 10.3 Å². The SMILES string of the molecule is Cc1cc(CNC(=O)c2cc(C)c(OCC(=O)O)c(C)c2)cc(C)n1. The maximum Gasteiger partial charge on any atom is 0.341 e. The predicted octanol–water partition coefficient (Wildman–Crippen LogP) is 2.71. The third-order valence-corrected chi connectivity index (χ3v) is 3.66. The number of aliphatic carboxylic acids is 1. The van der Waals surface area contributed by atoms with Crippen LogP contribution in [0, 0.1) is 27.7 Å². The maximum absolute atomic E-state index is 12.4. The van der Waals surface area contributed by atoms with Crippen molar-refractivity contribution in [3.63, 3.8) is 0 Å². The molecule has 0 aliphatic rings. The van der Waals surface area contributed by atoms with Crippen molar-refractivity contribution in [2.45, 2.75) is 34.2 Å². The van der Waals surface area contributed by atoms with Gasteiger partial charge in [0.15, 0.2) is 6.61 Å². The predicted molar refractivity (Wildman–Crippen MR) is 93.9 cm³/mol. The van der Waals surface area contributed by atoms with Crippen molar-refractivity contribution >= 4 is 11.9 Å². The molecule has 0 bridgehead atoms. The Morgan fingerprint density at radius 3 is 2.12 bits per heavy atom. The monoisotopic (exact) mass is 342 g/mol.